The Morgan fingerprint density at radius 3 is 2.86 bits per heavy atom. The van der Waals surface area contributed by atoms with Gasteiger partial charge in [0.05, 0.1) is 23.3 Å². The number of nitrogens with zero attached hydrogens (tertiary/aromatic N) is 4. The first-order valence-corrected chi connectivity index (χ1v) is 6.82. The lowest BCUT2D eigenvalue weighted by molar-refractivity contribution is 0.0713. The van der Waals surface area contributed by atoms with Crippen molar-refractivity contribution in [3.05, 3.63) is 35.5 Å². The van der Waals surface area contributed by atoms with Gasteiger partial charge in [-0.05, 0) is 13.0 Å². The van der Waals surface area contributed by atoms with Gasteiger partial charge >= 0.3 is 0 Å². The Morgan fingerprint density at radius 2 is 2.29 bits per heavy atom. The molecule has 0 radical (unpaired) electrons. The minimum absolute atomic E-state index is 0.0414. The van der Waals surface area contributed by atoms with E-state index in [9.17, 15) is 4.79 Å². The highest BCUT2D eigenvalue weighted by Crippen LogP contribution is 2.29. The van der Waals surface area contributed by atoms with Gasteiger partial charge in [-0.1, -0.05) is 5.21 Å². The number of aryl methyl sites for hydroxylation is 2. The Balaban J connectivity index is 1.79. The third kappa shape index (κ3) is 2.56. The molecule has 0 N–H and O–H groups in total. The smallest absolute Gasteiger partial charge is 0.257 e. The van der Waals surface area contributed by atoms with Crippen LogP contribution in [0.4, 0.5) is 0 Å². The number of hydrogen-bond acceptors (Lipinski definition) is 5. The van der Waals surface area contributed by atoms with E-state index in [0.29, 0.717) is 18.7 Å². The molecule has 0 unspecified atom stereocenters. The van der Waals surface area contributed by atoms with Crippen LogP contribution < -0.4 is 0 Å². The quantitative estimate of drug-likeness (QED) is 0.842. The third-order valence-corrected chi connectivity index (χ3v) is 3.83. The Morgan fingerprint density at radius 1 is 1.48 bits per heavy atom. The van der Waals surface area contributed by atoms with E-state index >= 15 is 0 Å². The maximum absolute atomic E-state index is 12.5. The zero-order chi connectivity index (χ0) is 15.0. The molecule has 7 nitrogen and oxygen atoms in total. The maximum Gasteiger partial charge on any atom is 0.257 e. The Bertz CT molecular complexity index is 648. The molecular formula is C14H18N4O3. The van der Waals surface area contributed by atoms with E-state index in [-0.39, 0.29) is 17.9 Å². The normalized spacial score (nSPS) is 22.0. The number of furan rings is 1. The van der Waals surface area contributed by atoms with E-state index in [1.54, 1.807) is 22.8 Å². The molecule has 112 valence electrons. The van der Waals surface area contributed by atoms with Crippen LogP contribution in [0.5, 0.6) is 0 Å². The van der Waals surface area contributed by atoms with E-state index in [4.69, 9.17) is 9.15 Å². The van der Waals surface area contributed by atoms with Crippen LogP contribution in [0.2, 0.25) is 0 Å². The predicted octanol–water partition coefficient (Wildman–Crippen LogP) is 0.971. The van der Waals surface area contributed by atoms with Crippen LogP contribution in [0.3, 0.4) is 0 Å². The molecule has 0 bridgehead atoms. The molecule has 0 aliphatic carbocycles. The Hall–Kier alpha value is -2.15. The molecule has 2 atom stereocenters. The van der Waals surface area contributed by atoms with Crippen LogP contribution in [0, 0.1) is 6.92 Å². The van der Waals surface area contributed by atoms with Crippen molar-refractivity contribution in [1.29, 1.82) is 0 Å². The van der Waals surface area contributed by atoms with Crippen LogP contribution in [-0.4, -0.2) is 52.1 Å². The number of amides is 1. The Labute approximate surface area is 122 Å². The SMILES string of the molecule is CO[C@@H]1CN(C(=O)c2coc(C)c2)C[C@H]1c1cn(C)nn1. The molecule has 2 aromatic rings. The molecule has 2 aromatic heterocycles. The standard InChI is InChI=1S/C14H18N4O3/c1-9-4-10(8-21-9)14(19)18-5-11(13(7-18)20-3)12-6-17(2)16-15-12/h4,6,8,11,13H,5,7H2,1-3H3/t11-,13+/m0/s1. The van der Waals surface area contributed by atoms with E-state index in [2.05, 4.69) is 10.3 Å². The highest BCUT2D eigenvalue weighted by Gasteiger charge is 2.38. The molecule has 1 aliphatic heterocycles. The molecule has 1 aliphatic rings. The highest BCUT2D eigenvalue weighted by molar-refractivity contribution is 5.94. The highest BCUT2D eigenvalue weighted by atomic mass is 16.5. The van der Waals surface area contributed by atoms with Crippen molar-refractivity contribution in [2.45, 2.75) is 18.9 Å². The van der Waals surface area contributed by atoms with Crippen molar-refractivity contribution in [3.8, 4) is 0 Å². The number of carbonyl (C=O) groups excluding carboxylic acids is 1. The Kier molecular flexibility index (Phi) is 3.50. The summed E-state index contributed by atoms with van der Waals surface area (Å²) >= 11 is 0. The summed E-state index contributed by atoms with van der Waals surface area (Å²) in [4.78, 5) is 14.2. The second-order valence-corrected chi connectivity index (χ2v) is 5.35. The van der Waals surface area contributed by atoms with Crippen molar-refractivity contribution in [2.75, 3.05) is 20.2 Å². The van der Waals surface area contributed by atoms with Gasteiger partial charge < -0.3 is 14.1 Å². The largest absolute Gasteiger partial charge is 0.469 e. The summed E-state index contributed by atoms with van der Waals surface area (Å²) in [5.74, 6) is 0.729. The number of likely N-dealkylation sites (tertiary alicyclic amines) is 1. The van der Waals surface area contributed by atoms with Crippen molar-refractivity contribution in [2.24, 2.45) is 7.05 Å². The molecule has 0 aromatic carbocycles. The van der Waals surface area contributed by atoms with Gasteiger partial charge in [-0.3, -0.25) is 9.48 Å². The van der Waals surface area contributed by atoms with Gasteiger partial charge in [-0.25, -0.2) is 0 Å². The zero-order valence-corrected chi connectivity index (χ0v) is 12.3. The van der Waals surface area contributed by atoms with E-state index in [1.807, 2.05) is 20.2 Å². The van der Waals surface area contributed by atoms with Crippen molar-refractivity contribution in [3.63, 3.8) is 0 Å². The van der Waals surface area contributed by atoms with E-state index in [1.165, 1.54) is 6.26 Å². The fraction of sp³-hybridized carbons (Fsp3) is 0.500. The first-order valence-electron chi connectivity index (χ1n) is 6.82. The molecule has 21 heavy (non-hydrogen) atoms. The first kappa shape index (κ1) is 13.8. The second-order valence-electron chi connectivity index (χ2n) is 5.35. The number of aromatic nitrogens is 3. The second kappa shape index (κ2) is 5.33. The summed E-state index contributed by atoms with van der Waals surface area (Å²) < 4.78 is 12.4. The van der Waals surface area contributed by atoms with Gasteiger partial charge in [0, 0.05) is 33.4 Å². The average Bonchev–Trinajstić information content (AvgIpc) is 3.16. The topological polar surface area (TPSA) is 73.4 Å². The van der Waals surface area contributed by atoms with Gasteiger partial charge in [0.1, 0.15) is 12.0 Å². The molecule has 3 heterocycles. The zero-order valence-electron chi connectivity index (χ0n) is 12.3. The van der Waals surface area contributed by atoms with Gasteiger partial charge in [0.25, 0.3) is 5.91 Å². The van der Waals surface area contributed by atoms with Crippen LogP contribution in [0.15, 0.2) is 22.9 Å². The van der Waals surface area contributed by atoms with Crippen molar-refractivity contribution >= 4 is 5.91 Å². The number of methoxy groups -OCH3 is 1. The molecule has 1 amide bonds. The molecular weight excluding hydrogens is 272 g/mol. The number of carbonyl (C=O) groups is 1. The predicted molar refractivity (Wildman–Crippen MR) is 73.9 cm³/mol. The van der Waals surface area contributed by atoms with E-state index in [0.717, 1.165) is 11.5 Å². The van der Waals surface area contributed by atoms with E-state index < -0.39 is 0 Å². The van der Waals surface area contributed by atoms with Crippen LogP contribution in [-0.2, 0) is 11.8 Å². The number of hydrogen-bond donors (Lipinski definition) is 0. The van der Waals surface area contributed by atoms with Gasteiger partial charge in [0.2, 0.25) is 0 Å². The molecule has 3 rings (SSSR count). The van der Waals surface area contributed by atoms with Gasteiger partial charge in [0.15, 0.2) is 0 Å². The monoisotopic (exact) mass is 290 g/mol. The molecule has 1 saturated heterocycles. The van der Waals surface area contributed by atoms with Gasteiger partial charge in [-0.15, -0.1) is 5.10 Å². The van der Waals surface area contributed by atoms with Gasteiger partial charge in [-0.2, -0.15) is 0 Å². The number of rotatable bonds is 3. The fourth-order valence-corrected chi connectivity index (χ4v) is 2.74. The molecule has 0 spiro atoms. The number of ether oxygens (including phenoxy) is 1. The lowest BCUT2D eigenvalue weighted by Gasteiger charge is -2.14. The molecule has 7 heteroatoms. The summed E-state index contributed by atoms with van der Waals surface area (Å²) in [6.45, 7) is 2.93. The van der Waals surface area contributed by atoms with Crippen LogP contribution in [0.1, 0.15) is 27.7 Å². The summed E-state index contributed by atoms with van der Waals surface area (Å²) in [5, 5.41) is 8.10. The average molecular weight is 290 g/mol. The van der Waals surface area contributed by atoms with Crippen LogP contribution in [0.25, 0.3) is 0 Å². The lowest BCUT2D eigenvalue weighted by atomic mass is 10.0. The third-order valence-electron chi connectivity index (χ3n) is 3.83. The summed E-state index contributed by atoms with van der Waals surface area (Å²) in [6, 6.07) is 1.75. The summed E-state index contributed by atoms with van der Waals surface area (Å²) in [6.07, 6.45) is 3.29. The van der Waals surface area contributed by atoms with Crippen LogP contribution >= 0.6 is 0 Å². The maximum atomic E-state index is 12.5. The minimum Gasteiger partial charge on any atom is -0.469 e. The summed E-state index contributed by atoms with van der Waals surface area (Å²) in [7, 11) is 3.48. The minimum atomic E-state index is -0.0707. The molecule has 1 fully saturated rings. The van der Waals surface area contributed by atoms with Crippen molar-refractivity contribution < 1.29 is 13.9 Å². The molecule has 0 saturated carbocycles. The fourth-order valence-electron chi connectivity index (χ4n) is 2.74. The lowest BCUT2D eigenvalue weighted by Crippen LogP contribution is -2.29. The first-order chi connectivity index (χ1) is 10.1. The summed E-state index contributed by atoms with van der Waals surface area (Å²) in [5.41, 5.74) is 1.42. The van der Waals surface area contributed by atoms with Crippen molar-refractivity contribution in [1.82, 2.24) is 19.9 Å².